The highest BCUT2D eigenvalue weighted by Gasteiger charge is 2.18. The largest absolute Gasteiger partial charge is 0.428 e. The van der Waals surface area contributed by atoms with Crippen molar-refractivity contribution in [2.24, 2.45) is 0 Å². The van der Waals surface area contributed by atoms with Crippen LogP contribution in [0.25, 0.3) is 11.3 Å². The molecule has 3 nitrogen and oxygen atoms in total. The molecule has 2 N–H and O–H groups in total. The number of hydrogen-bond donors (Lipinski definition) is 1. The Morgan fingerprint density at radius 2 is 1.68 bits per heavy atom. The minimum atomic E-state index is 0.155. The summed E-state index contributed by atoms with van der Waals surface area (Å²) in [5.41, 5.74) is 9.04. The first-order chi connectivity index (χ1) is 8.79. The molecule has 0 aliphatic rings. The number of aromatic nitrogens is 1. The smallest absolute Gasteiger partial charge is 0.292 e. The molecule has 0 amide bonds. The van der Waals surface area contributed by atoms with Crippen LogP contribution >= 0.6 is 0 Å². The summed E-state index contributed by atoms with van der Waals surface area (Å²) < 4.78 is 5.49. The molecule has 1 aromatic heterocycles. The zero-order valence-electron chi connectivity index (χ0n) is 12.3. The molecule has 0 saturated heterocycles. The standard InChI is InChI=1S/C16H22N2O/c1-10(2)14-13(18-15(17)19-14)11-6-8-12(9-7-11)16(3,4)5/h6-10H,1-5H3,(H2,17,18). The lowest BCUT2D eigenvalue weighted by atomic mass is 9.86. The fraction of sp³-hybridized carbons (Fsp3) is 0.438. The van der Waals surface area contributed by atoms with Crippen LogP contribution in [0, 0.1) is 0 Å². The van der Waals surface area contributed by atoms with Crippen molar-refractivity contribution >= 4 is 6.01 Å². The summed E-state index contributed by atoms with van der Waals surface area (Å²) in [5, 5.41) is 0. The molecule has 0 saturated carbocycles. The van der Waals surface area contributed by atoms with Crippen molar-refractivity contribution in [2.45, 2.75) is 46.0 Å². The van der Waals surface area contributed by atoms with E-state index >= 15 is 0 Å². The maximum absolute atomic E-state index is 5.68. The molecule has 1 aromatic carbocycles. The third-order valence-electron chi connectivity index (χ3n) is 3.22. The van der Waals surface area contributed by atoms with Crippen molar-refractivity contribution in [2.75, 3.05) is 5.73 Å². The summed E-state index contributed by atoms with van der Waals surface area (Å²) in [6, 6.07) is 8.70. The molecule has 2 aromatic rings. The van der Waals surface area contributed by atoms with Crippen molar-refractivity contribution in [1.29, 1.82) is 0 Å². The minimum absolute atomic E-state index is 0.155. The Morgan fingerprint density at radius 3 is 2.16 bits per heavy atom. The summed E-state index contributed by atoms with van der Waals surface area (Å²) in [7, 11) is 0. The number of nitrogens with zero attached hydrogens (tertiary/aromatic N) is 1. The normalized spacial score (nSPS) is 12.1. The molecule has 2 rings (SSSR count). The van der Waals surface area contributed by atoms with Crippen LogP contribution in [0.2, 0.25) is 0 Å². The van der Waals surface area contributed by atoms with Gasteiger partial charge in [-0.2, -0.15) is 4.98 Å². The third-order valence-corrected chi connectivity index (χ3v) is 3.22. The topological polar surface area (TPSA) is 52.0 Å². The summed E-state index contributed by atoms with van der Waals surface area (Å²) in [6.07, 6.45) is 0. The van der Waals surface area contributed by atoms with Gasteiger partial charge in [-0.25, -0.2) is 0 Å². The lowest BCUT2D eigenvalue weighted by Crippen LogP contribution is -2.10. The highest BCUT2D eigenvalue weighted by atomic mass is 16.4. The zero-order chi connectivity index (χ0) is 14.2. The van der Waals surface area contributed by atoms with Gasteiger partial charge in [-0.05, 0) is 11.0 Å². The van der Waals surface area contributed by atoms with Crippen LogP contribution in [-0.4, -0.2) is 4.98 Å². The van der Waals surface area contributed by atoms with E-state index in [1.165, 1.54) is 5.56 Å². The molecule has 102 valence electrons. The van der Waals surface area contributed by atoms with Gasteiger partial charge in [0, 0.05) is 11.5 Å². The zero-order valence-corrected chi connectivity index (χ0v) is 12.3. The minimum Gasteiger partial charge on any atom is -0.428 e. The van der Waals surface area contributed by atoms with E-state index < -0.39 is 0 Å². The summed E-state index contributed by atoms with van der Waals surface area (Å²) >= 11 is 0. The van der Waals surface area contributed by atoms with E-state index in [1.807, 2.05) is 0 Å². The number of nitrogens with two attached hydrogens (primary N) is 1. The lowest BCUT2D eigenvalue weighted by molar-refractivity contribution is 0.500. The Balaban J connectivity index is 2.43. The fourth-order valence-electron chi connectivity index (χ4n) is 2.08. The van der Waals surface area contributed by atoms with Crippen LogP contribution in [0.4, 0.5) is 6.01 Å². The molecule has 1 heterocycles. The van der Waals surface area contributed by atoms with Crippen LogP contribution in [-0.2, 0) is 5.41 Å². The number of oxazole rings is 1. The van der Waals surface area contributed by atoms with Gasteiger partial charge in [0.2, 0.25) is 0 Å². The number of nitrogen functional groups attached to an aromatic ring is 1. The quantitative estimate of drug-likeness (QED) is 0.871. The number of rotatable bonds is 2. The van der Waals surface area contributed by atoms with Crippen LogP contribution in [0.15, 0.2) is 28.7 Å². The van der Waals surface area contributed by atoms with Gasteiger partial charge in [-0.3, -0.25) is 0 Å². The first-order valence-corrected chi connectivity index (χ1v) is 6.66. The van der Waals surface area contributed by atoms with Crippen molar-refractivity contribution in [1.82, 2.24) is 4.98 Å². The van der Waals surface area contributed by atoms with Gasteiger partial charge >= 0.3 is 0 Å². The van der Waals surface area contributed by atoms with Crippen molar-refractivity contribution in [3.8, 4) is 11.3 Å². The van der Waals surface area contributed by atoms with Crippen LogP contribution in [0.5, 0.6) is 0 Å². The maximum Gasteiger partial charge on any atom is 0.292 e. The van der Waals surface area contributed by atoms with Crippen molar-refractivity contribution < 1.29 is 4.42 Å². The first-order valence-electron chi connectivity index (χ1n) is 6.66. The highest BCUT2D eigenvalue weighted by molar-refractivity contribution is 5.63. The van der Waals surface area contributed by atoms with Crippen molar-refractivity contribution in [3.63, 3.8) is 0 Å². The van der Waals surface area contributed by atoms with Crippen LogP contribution in [0.1, 0.15) is 51.9 Å². The Morgan fingerprint density at radius 1 is 1.11 bits per heavy atom. The SMILES string of the molecule is CC(C)c1oc(N)nc1-c1ccc(C(C)(C)C)cc1. The van der Waals surface area contributed by atoms with E-state index in [9.17, 15) is 0 Å². The molecule has 19 heavy (non-hydrogen) atoms. The number of anilines is 1. The number of benzene rings is 1. The van der Waals surface area contributed by atoms with E-state index in [1.54, 1.807) is 0 Å². The Bertz CT molecular complexity index is 559. The molecule has 0 unspecified atom stereocenters. The highest BCUT2D eigenvalue weighted by Crippen LogP contribution is 2.32. The summed E-state index contributed by atoms with van der Waals surface area (Å²) in [6.45, 7) is 10.8. The molecule has 3 heteroatoms. The van der Waals surface area contributed by atoms with Gasteiger partial charge in [-0.1, -0.05) is 58.9 Å². The average Bonchev–Trinajstić information content (AvgIpc) is 2.70. The van der Waals surface area contributed by atoms with Gasteiger partial charge < -0.3 is 10.2 Å². The molecular weight excluding hydrogens is 236 g/mol. The van der Waals surface area contributed by atoms with Gasteiger partial charge in [0.15, 0.2) is 0 Å². The van der Waals surface area contributed by atoms with E-state index in [2.05, 4.69) is 63.9 Å². The predicted octanol–water partition coefficient (Wildman–Crippen LogP) is 4.34. The van der Waals surface area contributed by atoms with Gasteiger partial charge in [0.1, 0.15) is 11.5 Å². The van der Waals surface area contributed by atoms with Crippen molar-refractivity contribution in [3.05, 3.63) is 35.6 Å². The molecule has 0 spiro atoms. The van der Waals surface area contributed by atoms with Crippen LogP contribution < -0.4 is 5.73 Å². The van der Waals surface area contributed by atoms with E-state index in [0.29, 0.717) is 0 Å². The third kappa shape index (κ3) is 2.80. The fourth-order valence-corrected chi connectivity index (χ4v) is 2.08. The molecule has 0 aliphatic carbocycles. The number of hydrogen-bond acceptors (Lipinski definition) is 3. The molecule has 0 aliphatic heterocycles. The second kappa shape index (κ2) is 4.72. The van der Waals surface area contributed by atoms with E-state index in [4.69, 9.17) is 10.2 Å². The van der Waals surface area contributed by atoms with Gasteiger partial charge in [0.25, 0.3) is 6.01 Å². The molecule has 0 radical (unpaired) electrons. The lowest BCUT2D eigenvalue weighted by Gasteiger charge is -2.19. The Kier molecular flexibility index (Phi) is 3.40. The van der Waals surface area contributed by atoms with Gasteiger partial charge in [-0.15, -0.1) is 0 Å². The maximum atomic E-state index is 5.68. The molecule has 0 fully saturated rings. The monoisotopic (exact) mass is 258 g/mol. The summed E-state index contributed by atoms with van der Waals surface area (Å²) in [4.78, 5) is 4.31. The Labute approximate surface area is 114 Å². The second-order valence-corrected chi connectivity index (χ2v) is 6.25. The van der Waals surface area contributed by atoms with Gasteiger partial charge in [0.05, 0.1) is 0 Å². The average molecular weight is 258 g/mol. The Hall–Kier alpha value is -1.77. The predicted molar refractivity (Wildman–Crippen MR) is 79.1 cm³/mol. The summed E-state index contributed by atoms with van der Waals surface area (Å²) in [5.74, 6) is 1.11. The van der Waals surface area contributed by atoms with E-state index in [0.717, 1.165) is 17.0 Å². The van der Waals surface area contributed by atoms with Crippen LogP contribution in [0.3, 0.4) is 0 Å². The first kappa shape index (κ1) is 13.7. The van der Waals surface area contributed by atoms with E-state index in [-0.39, 0.29) is 17.3 Å². The molecule has 0 atom stereocenters. The molecule has 0 bridgehead atoms. The molecular formula is C16H22N2O. The second-order valence-electron chi connectivity index (χ2n) is 6.25.